The maximum atomic E-state index is 13.4. The van der Waals surface area contributed by atoms with E-state index in [0.29, 0.717) is 12.0 Å². The predicted octanol–water partition coefficient (Wildman–Crippen LogP) is 6.59. The van der Waals surface area contributed by atoms with Crippen molar-refractivity contribution in [2.24, 2.45) is 11.8 Å². The molecule has 44 heavy (non-hydrogen) atoms. The van der Waals surface area contributed by atoms with E-state index in [2.05, 4.69) is 59.6 Å². The van der Waals surface area contributed by atoms with Crippen LogP contribution in [0.1, 0.15) is 55.7 Å². The lowest BCUT2D eigenvalue weighted by molar-refractivity contribution is -0.136. The summed E-state index contributed by atoms with van der Waals surface area (Å²) in [5, 5.41) is 3.66. The van der Waals surface area contributed by atoms with Crippen LogP contribution in [0.4, 0.5) is 5.69 Å². The number of para-hydroxylation sites is 1. The van der Waals surface area contributed by atoms with Crippen LogP contribution in [0.15, 0.2) is 95.0 Å². The number of aryl methyl sites for hydroxylation is 1. The lowest BCUT2D eigenvalue weighted by Crippen LogP contribution is -2.52. The van der Waals surface area contributed by atoms with E-state index in [1.807, 2.05) is 19.1 Å². The van der Waals surface area contributed by atoms with Crippen molar-refractivity contribution in [1.29, 1.82) is 0 Å². The van der Waals surface area contributed by atoms with Crippen LogP contribution in [0.3, 0.4) is 0 Å². The molecule has 1 fully saturated rings. The van der Waals surface area contributed by atoms with E-state index in [1.165, 1.54) is 18.2 Å². The molecule has 232 valence electrons. The molecular weight excluding hydrogens is 572 g/mol. The third kappa shape index (κ3) is 5.59. The van der Waals surface area contributed by atoms with E-state index in [-0.39, 0.29) is 40.8 Å². The fourth-order valence-electron chi connectivity index (χ4n) is 7.95. The van der Waals surface area contributed by atoms with Gasteiger partial charge in [0.1, 0.15) is 0 Å². The number of fused-ring (bicyclic) bond motifs is 1. The molecule has 0 radical (unpaired) electrons. The molecule has 6 rings (SSSR count). The largest absolute Gasteiger partial charge is 0.466 e. The zero-order chi connectivity index (χ0) is 30.9. The highest BCUT2D eigenvalue weighted by Crippen LogP contribution is 2.60. The SMILES string of the molecule is CCCC(COS(=O)(=O)c1ccc(C)cc1)C[C@H]1CC(C(=O)OC)=C2Nc3ccccc3[C@]23CCN(Cc2ccccc2)[C@H]13. The van der Waals surface area contributed by atoms with E-state index >= 15 is 0 Å². The third-order valence-corrected chi connectivity index (χ3v) is 11.1. The highest BCUT2D eigenvalue weighted by molar-refractivity contribution is 7.86. The second-order valence-corrected chi connectivity index (χ2v) is 14.2. The van der Waals surface area contributed by atoms with Crippen molar-refractivity contribution >= 4 is 21.8 Å². The number of hydrogen-bond donors (Lipinski definition) is 1. The van der Waals surface area contributed by atoms with Crippen LogP contribution in [0.25, 0.3) is 0 Å². The zero-order valence-corrected chi connectivity index (χ0v) is 26.6. The van der Waals surface area contributed by atoms with Crippen LogP contribution in [0.2, 0.25) is 0 Å². The molecular formula is C36H42N2O5S. The zero-order valence-electron chi connectivity index (χ0n) is 25.8. The third-order valence-electron chi connectivity index (χ3n) is 9.78. The lowest BCUT2D eigenvalue weighted by Gasteiger charge is -2.46. The van der Waals surface area contributed by atoms with Gasteiger partial charge in [0, 0.05) is 30.5 Å². The molecule has 4 atom stereocenters. The van der Waals surface area contributed by atoms with Crippen LogP contribution in [-0.4, -0.2) is 45.6 Å². The van der Waals surface area contributed by atoms with Crippen molar-refractivity contribution in [3.8, 4) is 0 Å². The topological polar surface area (TPSA) is 84.9 Å². The number of methoxy groups -OCH3 is 1. The number of ether oxygens (including phenoxy) is 1. The summed E-state index contributed by atoms with van der Waals surface area (Å²) in [7, 11) is -2.44. The smallest absolute Gasteiger partial charge is 0.335 e. The maximum Gasteiger partial charge on any atom is 0.335 e. The summed E-state index contributed by atoms with van der Waals surface area (Å²) >= 11 is 0. The van der Waals surface area contributed by atoms with Gasteiger partial charge in [-0.15, -0.1) is 0 Å². The first-order chi connectivity index (χ1) is 21.3. The first-order valence-corrected chi connectivity index (χ1v) is 17.1. The van der Waals surface area contributed by atoms with Crippen molar-refractivity contribution in [2.75, 3.05) is 25.6 Å². The number of benzene rings is 3. The molecule has 3 aromatic carbocycles. The van der Waals surface area contributed by atoms with Gasteiger partial charge >= 0.3 is 5.97 Å². The Labute approximate surface area is 261 Å². The van der Waals surface area contributed by atoms with Crippen LogP contribution >= 0.6 is 0 Å². The van der Waals surface area contributed by atoms with Crippen LogP contribution < -0.4 is 5.32 Å². The Bertz CT molecular complexity index is 1640. The fourth-order valence-corrected chi connectivity index (χ4v) is 8.93. The van der Waals surface area contributed by atoms with E-state index in [0.717, 1.165) is 55.7 Å². The number of carbonyl (C=O) groups is 1. The summed E-state index contributed by atoms with van der Waals surface area (Å²) in [6.45, 7) is 5.86. The minimum absolute atomic E-state index is 0.00602. The minimum atomic E-state index is -3.89. The van der Waals surface area contributed by atoms with Crippen molar-refractivity contribution < 1.29 is 22.1 Å². The van der Waals surface area contributed by atoms with E-state index in [4.69, 9.17) is 8.92 Å². The average molecular weight is 615 g/mol. The molecule has 1 unspecified atom stereocenters. The molecule has 1 spiro atoms. The standard InChI is InChI=1S/C36H42N2O5S/c1-4-10-27(24-43-44(40,41)29-17-15-25(2)16-18-29)21-28-22-30(35(39)42-3)33-36(31-13-8-9-14-32(31)37-33)19-20-38(34(28)36)23-26-11-6-5-7-12-26/h5-9,11-18,27-28,34,37H,4,10,19-24H2,1-3H3/t27?,28-,34+,36+/m0/s1. The van der Waals surface area contributed by atoms with Gasteiger partial charge in [0.25, 0.3) is 10.1 Å². The summed E-state index contributed by atoms with van der Waals surface area (Å²) in [6, 6.07) is 25.8. The Balaban J connectivity index is 1.36. The number of hydrogen-bond acceptors (Lipinski definition) is 7. The first-order valence-electron chi connectivity index (χ1n) is 15.7. The Kier molecular flexibility index (Phi) is 8.68. The van der Waals surface area contributed by atoms with Gasteiger partial charge in [0.05, 0.1) is 29.6 Å². The van der Waals surface area contributed by atoms with Crippen molar-refractivity contribution in [1.82, 2.24) is 4.90 Å². The Morgan fingerprint density at radius 1 is 1.05 bits per heavy atom. The Morgan fingerprint density at radius 3 is 2.50 bits per heavy atom. The molecule has 3 aromatic rings. The molecule has 0 amide bonds. The van der Waals surface area contributed by atoms with E-state index < -0.39 is 10.1 Å². The number of nitrogens with zero attached hydrogens (tertiary/aromatic N) is 1. The normalized spacial score (nSPS) is 23.4. The van der Waals surface area contributed by atoms with Gasteiger partial charge in [-0.25, -0.2) is 4.79 Å². The first kappa shape index (κ1) is 30.6. The summed E-state index contributed by atoms with van der Waals surface area (Å²) in [6.07, 6.45) is 3.93. The number of rotatable bonds is 11. The second kappa shape index (κ2) is 12.5. The Morgan fingerprint density at radius 2 is 1.77 bits per heavy atom. The van der Waals surface area contributed by atoms with Gasteiger partial charge in [0.15, 0.2) is 0 Å². The molecule has 8 heteroatoms. The maximum absolute atomic E-state index is 13.4. The van der Waals surface area contributed by atoms with Crippen molar-refractivity contribution in [3.05, 3.63) is 107 Å². The summed E-state index contributed by atoms with van der Waals surface area (Å²) in [4.78, 5) is 16.1. The second-order valence-electron chi connectivity index (χ2n) is 12.5. The van der Waals surface area contributed by atoms with E-state index in [9.17, 15) is 13.2 Å². The lowest BCUT2D eigenvalue weighted by atomic mass is 9.61. The molecule has 1 saturated heterocycles. The number of carbonyl (C=O) groups excluding carboxylic acids is 1. The predicted molar refractivity (Wildman–Crippen MR) is 171 cm³/mol. The quantitative estimate of drug-likeness (QED) is 0.193. The average Bonchev–Trinajstić information content (AvgIpc) is 3.58. The summed E-state index contributed by atoms with van der Waals surface area (Å²) in [5.41, 5.74) is 5.84. The molecule has 3 aliphatic rings. The highest BCUT2D eigenvalue weighted by atomic mass is 32.2. The van der Waals surface area contributed by atoms with Gasteiger partial charge in [0.2, 0.25) is 0 Å². The minimum Gasteiger partial charge on any atom is -0.466 e. The summed E-state index contributed by atoms with van der Waals surface area (Å²) < 4.78 is 37.4. The van der Waals surface area contributed by atoms with Crippen molar-refractivity contribution in [2.45, 2.75) is 68.8 Å². The van der Waals surface area contributed by atoms with Crippen LogP contribution in [-0.2, 0) is 35.8 Å². The van der Waals surface area contributed by atoms with Gasteiger partial charge in [-0.1, -0.05) is 79.6 Å². The molecule has 7 nitrogen and oxygen atoms in total. The number of anilines is 1. The van der Waals surface area contributed by atoms with Gasteiger partial charge in [-0.3, -0.25) is 9.08 Å². The number of nitrogens with one attached hydrogen (secondary N) is 1. The fraction of sp³-hybridized carbons (Fsp3) is 0.417. The molecule has 2 heterocycles. The van der Waals surface area contributed by atoms with Crippen molar-refractivity contribution in [3.63, 3.8) is 0 Å². The molecule has 0 saturated carbocycles. The highest BCUT2D eigenvalue weighted by Gasteiger charge is 2.61. The number of esters is 1. The van der Waals surface area contributed by atoms with E-state index in [1.54, 1.807) is 24.3 Å². The van der Waals surface area contributed by atoms with Gasteiger partial charge < -0.3 is 10.1 Å². The van der Waals surface area contributed by atoms with Crippen LogP contribution in [0.5, 0.6) is 0 Å². The van der Waals surface area contributed by atoms with Gasteiger partial charge in [-0.2, -0.15) is 8.42 Å². The molecule has 2 aliphatic heterocycles. The molecule has 0 aromatic heterocycles. The monoisotopic (exact) mass is 614 g/mol. The van der Waals surface area contributed by atoms with Gasteiger partial charge in [-0.05, 0) is 73.8 Å². The molecule has 1 aliphatic carbocycles. The Hall–Kier alpha value is -3.46. The molecule has 1 N–H and O–H groups in total. The molecule has 0 bridgehead atoms. The number of likely N-dealkylation sites (tertiary alicyclic amines) is 1. The summed E-state index contributed by atoms with van der Waals surface area (Å²) in [5.74, 6) is -0.198. The van der Waals surface area contributed by atoms with Crippen LogP contribution in [0, 0.1) is 18.8 Å².